The molecule has 5 heteroatoms. The highest BCUT2D eigenvalue weighted by atomic mass is 16.1. The van der Waals surface area contributed by atoms with Gasteiger partial charge in [-0.1, -0.05) is 6.07 Å². The lowest BCUT2D eigenvalue weighted by Gasteiger charge is -2.38. The predicted molar refractivity (Wildman–Crippen MR) is 78.7 cm³/mol. The maximum absolute atomic E-state index is 11.0. The molecule has 20 heavy (non-hydrogen) atoms. The summed E-state index contributed by atoms with van der Waals surface area (Å²) in [6, 6.07) is 6.12. The summed E-state index contributed by atoms with van der Waals surface area (Å²) in [7, 11) is 0. The molecule has 5 nitrogen and oxygen atoms in total. The molecule has 1 aromatic heterocycles. The van der Waals surface area contributed by atoms with Gasteiger partial charge in [0.05, 0.1) is 11.7 Å². The van der Waals surface area contributed by atoms with Crippen molar-refractivity contribution in [3.8, 4) is 0 Å². The lowest BCUT2D eigenvalue weighted by Crippen LogP contribution is -2.44. The van der Waals surface area contributed by atoms with Gasteiger partial charge in [-0.15, -0.1) is 0 Å². The predicted octanol–water partition coefficient (Wildman–Crippen LogP) is 1.06. The van der Waals surface area contributed by atoms with Crippen molar-refractivity contribution in [3.05, 3.63) is 30.1 Å². The number of rotatable bonds is 5. The van der Waals surface area contributed by atoms with E-state index in [0.29, 0.717) is 12.3 Å². The Kier molecular flexibility index (Phi) is 5.09. The highest BCUT2D eigenvalue weighted by Crippen LogP contribution is 2.28. The summed E-state index contributed by atoms with van der Waals surface area (Å²) >= 11 is 0. The zero-order chi connectivity index (χ0) is 14.5. The van der Waals surface area contributed by atoms with Crippen LogP contribution in [0.15, 0.2) is 24.4 Å². The third-order valence-electron chi connectivity index (χ3n) is 4.02. The average Bonchev–Trinajstić information content (AvgIpc) is 2.41. The first-order valence-electron chi connectivity index (χ1n) is 7.26. The SMILES string of the molecule is CC(N)C(c1ccccn1)N1CCC(CC(N)=O)CC1. The van der Waals surface area contributed by atoms with Crippen molar-refractivity contribution >= 4 is 5.91 Å². The van der Waals surface area contributed by atoms with Crippen LogP contribution in [0, 0.1) is 5.92 Å². The van der Waals surface area contributed by atoms with Gasteiger partial charge in [0, 0.05) is 18.7 Å². The number of aromatic nitrogens is 1. The number of primary amides is 1. The lowest BCUT2D eigenvalue weighted by atomic mass is 9.91. The van der Waals surface area contributed by atoms with Crippen LogP contribution in [0.4, 0.5) is 0 Å². The molecule has 2 rings (SSSR count). The van der Waals surface area contributed by atoms with E-state index in [-0.39, 0.29) is 18.0 Å². The number of carbonyl (C=O) groups is 1. The Labute approximate surface area is 120 Å². The van der Waals surface area contributed by atoms with E-state index in [2.05, 4.69) is 9.88 Å². The molecule has 1 amide bonds. The Bertz CT molecular complexity index is 427. The fraction of sp³-hybridized carbons (Fsp3) is 0.600. The Balaban J connectivity index is 2.01. The Hall–Kier alpha value is -1.46. The highest BCUT2D eigenvalue weighted by molar-refractivity contribution is 5.73. The van der Waals surface area contributed by atoms with E-state index in [4.69, 9.17) is 11.5 Å². The quantitative estimate of drug-likeness (QED) is 0.842. The van der Waals surface area contributed by atoms with Gasteiger partial charge in [0.2, 0.25) is 5.91 Å². The second kappa shape index (κ2) is 6.81. The third kappa shape index (κ3) is 3.77. The summed E-state index contributed by atoms with van der Waals surface area (Å²) < 4.78 is 0. The summed E-state index contributed by atoms with van der Waals surface area (Å²) in [4.78, 5) is 17.8. The fourth-order valence-corrected chi connectivity index (χ4v) is 3.06. The number of nitrogens with zero attached hydrogens (tertiary/aromatic N) is 2. The minimum absolute atomic E-state index is 0.0255. The van der Waals surface area contributed by atoms with Gasteiger partial charge in [-0.05, 0) is 50.9 Å². The van der Waals surface area contributed by atoms with Gasteiger partial charge in [0.1, 0.15) is 0 Å². The van der Waals surface area contributed by atoms with Crippen molar-refractivity contribution < 1.29 is 4.79 Å². The first kappa shape index (κ1) is 14.9. The first-order valence-corrected chi connectivity index (χ1v) is 7.26. The molecule has 0 aliphatic carbocycles. The topological polar surface area (TPSA) is 85.2 Å². The van der Waals surface area contributed by atoms with Crippen LogP contribution < -0.4 is 11.5 Å². The largest absolute Gasteiger partial charge is 0.370 e. The molecule has 2 heterocycles. The first-order chi connectivity index (χ1) is 9.58. The number of nitrogens with two attached hydrogens (primary N) is 2. The number of likely N-dealkylation sites (tertiary alicyclic amines) is 1. The van der Waals surface area contributed by atoms with E-state index in [1.807, 2.05) is 31.3 Å². The molecule has 4 N–H and O–H groups in total. The molecule has 1 saturated heterocycles. The molecule has 2 atom stereocenters. The molecular formula is C15H24N4O. The molecule has 1 aromatic rings. The molecule has 0 saturated carbocycles. The van der Waals surface area contributed by atoms with Crippen LogP contribution in [-0.4, -0.2) is 34.9 Å². The maximum Gasteiger partial charge on any atom is 0.217 e. The molecule has 0 bridgehead atoms. The summed E-state index contributed by atoms with van der Waals surface area (Å²) in [5, 5.41) is 0. The van der Waals surface area contributed by atoms with Crippen LogP contribution in [-0.2, 0) is 4.79 Å². The van der Waals surface area contributed by atoms with Crippen molar-refractivity contribution in [3.63, 3.8) is 0 Å². The second-order valence-corrected chi connectivity index (χ2v) is 5.71. The lowest BCUT2D eigenvalue weighted by molar-refractivity contribution is -0.119. The van der Waals surface area contributed by atoms with Crippen LogP contribution in [0.5, 0.6) is 0 Å². The Morgan fingerprint density at radius 1 is 1.45 bits per heavy atom. The summed E-state index contributed by atoms with van der Waals surface area (Å²) in [6.45, 7) is 3.91. The number of piperidine rings is 1. The van der Waals surface area contributed by atoms with Gasteiger partial charge in [-0.2, -0.15) is 0 Å². The summed E-state index contributed by atoms with van der Waals surface area (Å²) in [5.41, 5.74) is 12.5. The molecule has 0 radical (unpaired) electrons. The van der Waals surface area contributed by atoms with Crippen LogP contribution >= 0.6 is 0 Å². The number of pyridine rings is 1. The monoisotopic (exact) mass is 276 g/mol. The molecule has 110 valence electrons. The Morgan fingerprint density at radius 2 is 2.15 bits per heavy atom. The molecule has 1 fully saturated rings. The van der Waals surface area contributed by atoms with Gasteiger partial charge in [-0.3, -0.25) is 14.7 Å². The number of amides is 1. The van der Waals surface area contributed by atoms with Gasteiger partial charge >= 0.3 is 0 Å². The van der Waals surface area contributed by atoms with E-state index in [0.717, 1.165) is 31.6 Å². The zero-order valence-corrected chi connectivity index (χ0v) is 12.0. The van der Waals surface area contributed by atoms with Crippen LogP contribution in [0.3, 0.4) is 0 Å². The smallest absolute Gasteiger partial charge is 0.217 e. The van der Waals surface area contributed by atoms with Crippen molar-refractivity contribution in [2.45, 2.75) is 38.3 Å². The molecule has 1 aliphatic heterocycles. The van der Waals surface area contributed by atoms with E-state index >= 15 is 0 Å². The van der Waals surface area contributed by atoms with Gasteiger partial charge in [0.15, 0.2) is 0 Å². The molecular weight excluding hydrogens is 252 g/mol. The van der Waals surface area contributed by atoms with Gasteiger partial charge in [-0.25, -0.2) is 0 Å². The zero-order valence-electron chi connectivity index (χ0n) is 12.0. The highest BCUT2D eigenvalue weighted by Gasteiger charge is 2.29. The van der Waals surface area contributed by atoms with E-state index < -0.39 is 0 Å². The molecule has 1 aliphatic rings. The normalized spacial score (nSPS) is 20.5. The van der Waals surface area contributed by atoms with Crippen LogP contribution in [0.25, 0.3) is 0 Å². The van der Waals surface area contributed by atoms with Crippen molar-refractivity contribution in [1.29, 1.82) is 0 Å². The average molecular weight is 276 g/mol. The molecule has 2 unspecified atom stereocenters. The fourth-order valence-electron chi connectivity index (χ4n) is 3.06. The molecule has 0 aromatic carbocycles. The molecule has 0 spiro atoms. The minimum atomic E-state index is -0.197. The standard InChI is InChI=1S/C15H24N4O/c1-11(16)15(13-4-2-3-7-18-13)19-8-5-12(6-9-19)10-14(17)20/h2-4,7,11-12,15H,5-6,8-10,16H2,1H3,(H2,17,20). The maximum atomic E-state index is 11.0. The van der Waals surface area contributed by atoms with E-state index in [9.17, 15) is 4.79 Å². The third-order valence-corrected chi connectivity index (χ3v) is 4.02. The van der Waals surface area contributed by atoms with Crippen LogP contribution in [0.2, 0.25) is 0 Å². The van der Waals surface area contributed by atoms with E-state index in [1.165, 1.54) is 0 Å². The Morgan fingerprint density at radius 3 is 2.65 bits per heavy atom. The van der Waals surface area contributed by atoms with Crippen LogP contribution in [0.1, 0.15) is 37.9 Å². The van der Waals surface area contributed by atoms with Crippen molar-refractivity contribution in [2.75, 3.05) is 13.1 Å². The number of hydrogen-bond acceptors (Lipinski definition) is 4. The van der Waals surface area contributed by atoms with Gasteiger partial charge in [0.25, 0.3) is 0 Å². The number of carbonyl (C=O) groups excluding carboxylic acids is 1. The summed E-state index contributed by atoms with van der Waals surface area (Å²) in [6.07, 6.45) is 4.31. The van der Waals surface area contributed by atoms with Crippen molar-refractivity contribution in [2.24, 2.45) is 17.4 Å². The second-order valence-electron chi connectivity index (χ2n) is 5.71. The minimum Gasteiger partial charge on any atom is -0.370 e. The van der Waals surface area contributed by atoms with Crippen molar-refractivity contribution in [1.82, 2.24) is 9.88 Å². The van der Waals surface area contributed by atoms with Gasteiger partial charge < -0.3 is 11.5 Å². The number of hydrogen-bond donors (Lipinski definition) is 2. The van der Waals surface area contributed by atoms with E-state index in [1.54, 1.807) is 0 Å². The summed E-state index contributed by atoms with van der Waals surface area (Å²) in [5.74, 6) is 0.220.